The second kappa shape index (κ2) is 13.1. The molecule has 2 aromatic carbocycles. The van der Waals surface area contributed by atoms with Crippen LogP contribution in [0.5, 0.6) is 11.5 Å². The number of carbonyl (C=O) groups is 2. The summed E-state index contributed by atoms with van der Waals surface area (Å²) in [6.07, 6.45) is 7.12. The number of fused-ring (bicyclic) bond motifs is 1. The summed E-state index contributed by atoms with van der Waals surface area (Å²) in [4.78, 5) is 30.0. The van der Waals surface area contributed by atoms with Crippen LogP contribution >= 0.6 is 0 Å². The molecule has 5 rings (SSSR count). The standard InChI is InChI=1S/C33H43N5O6S/c1-6-45(41,42)36-28-19-23(33(2,3)4)18-27(31(28)43-5)35-32(40)34-26-12-13-29(25-9-7-8-24(25)26)44-17-16-37-14-15-38(30(39)21-37)20-22-10-11-22/h6-7,9,12-13,18-19,22,36H,1,8,10-11,14-17,20-21H2,2-5H3,(H2,34,35,40). The molecular weight excluding hydrogens is 594 g/mol. The number of nitrogens with one attached hydrogen (secondary N) is 3. The van der Waals surface area contributed by atoms with Gasteiger partial charge in [0.15, 0.2) is 5.75 Å². The molecule has 0 spiro atoms. The molecule has 45 heavy (non-hydrogen) atoms. The summed E-state index contributed by atoms with van der Waals surface area (Å²) in [6, 6.07) is 6.60. The molecule has 242 valence electrons. The fourth-order valence-electron chi connectivity index (χ4n) is 5.54. The molecule has 1 aliphatic heterocycles. The van der Waals surface area contributed by atoms with E-state index in [0.29, 0.717) is 43.4 Å². The highest BCUT2D eigenvalue weighted by Crippen LogP contribution is 2.40. The molecule has 3 aliphatic rings. The van der Waals surface area contributed by atoms with Crippen LogP contribution in [0.1, 0.15) is 50.3 Å². The van der Waals surface area contributed by atoms with E-state index < -0.39 is 16.1 Å². The second-order valence-electron chi connectivity index (χ2n) is 12.8. The number of hydrogen-bond donors (Lipinski definition) is 3. The number of urea groups is 1. The minimum atomic E-state index is -3.82. The van der Waals surface area contributed by atoms with E-state index in [2.05, 4.69) is 26.8 Å². The largest absolute Gasteiger partial charge is 0.492 e. The Balaban J connectivity index is 1.24. The Bertz CT molecular complexity index is 1610. The lowest BCUT2D eigenvalue weighted by atomic mass is 9.86. The number of benzene rings is 2. The van der Waals surface area contributed by atoms with Crippen molar-refractivity contribution in [3.05, 3.63) is 59.0 Å². The van der Waals surface area contributed by atoms with Gasteiger partial charge in [0.2, 0.25) is 5.91 Å². The first-order valence-corrected chi connectivity index (χ1v) is 16.8. The Morgan fingerprint density at radius 3 is 2.51 bits per heavy atom. The molecule has 1 heterocycles. The average Bonchev–Trinajstić information content (AvgIpc) is 3.65. The maximum Gasteiger partial charge on any atom is 0.323 e. The zero-order valence-electron chi connectivity index (χ0n) is 26.4. The molecule has 1 saturated heterocycles. The Hall–Kier alpha value is -4.03. The monoisotopic (exact) mass is 637 g/mol. The second-order valence-corrected chi connectivity index (χ2v) is 14.4. The third-order valence-corrected chi connectivity index (χ3v) is 9.23. The third kappa shape index (κ3) is 7.98. The molecular formula is C33H43N5O6S. The van der Waals surface area contributed by atoms with Crippen LogP contribution in [0.25, 0.3) is 6.08 Å². The molecule has 0 unspecified atom stereocenters. The fourth-order valence-corrected chi connectivity index (χ4v) is 6.08. The van der Waals surface area contributed by atoms with Crippen LogP contribution in [0.3, 0.4) is 0 Å². The fraction of sp³-hybridized carbons (Fsp3) is 0.455. The van der Waals surface area contributed by atoms with Crippen LogP contribution in [-0.4, -0.2) is 76.6 Å². The number of rotatable bonds is 12. The molecule has 12 heteroatoms. The van der Waals surface area contributed by atoms with Crippen molar-refractivity contribution in [1.82, 2.24) is 9.80 Å². The zero-order valence-corrected chi connectivity index (χ0v) is 27.3. The van der Waals surface area contributed by atoms with Crippen molar-refractivity contribution in [2.45, 2.75) is 45.4 Å². The molecule has 0 bridgehead atoms. The van der Waals surface area contributed by atoms with Gasteiger partial charge in [0, 0.05) is 42.8 Å². The van der Waals surface area contributed by atoms with Crippen LogP contribution in [-0.2, 0) is 26.7 Å². The number of methoxy groups -OCH3 is 1. The topological polar surface area (TPSA) is 129 Å². The Kier molecular flexibility index (Phi) is 9.45. The van der Waals surface area contributed by atoms with Gasteiger partial charge in [-0.05, 0) is 66.0 Å². The van der Waals surface area contributed by atoms with Crippen LogP contribution in [0.15, 0.2) is 42.3 Å². The molecule has 2 aliphatic carbocycles. The van der Waals surface area contributed by atoms with E-state index in [9.17, 15) is 18.0 Å². The van der Waals surface area contributed by atoms with Crippen LogP contribution in [0, 0.1) is 5.92 Å². The van der Waals surface area contributed by atoms with Gasteiger partial charge in [-0.3, -0.25) is 14.4 Å². The van der Waals surface area contributed by atoms with Crippen LogP contribution < -0.4 is 24.8 Å². The van der Waals surface area contributed by atoms with E-state index in [0.717, 1.165) is 47.5 Å². The zero-order chi connectivity index (χ0) is 32.4. The first kappa shape index (κ1) is 32.4. The maximum atomic E-state index is 13.3. The maximum absolute atomic E-state index is 13.3. The minimum Gasteiger partial charge on any atom is -0.492 e. The lowest BCUT2D eigenvalue weighted by Crippen LogP contribution is -2.51. The minimum absolute atomic E-state index is 0.172. The molecule has 2 fully saturated rings. The molecule has 2 aromatic rings. The molecule has 1 saturated carbocycles. The van der Waals surface area contributed by atoms with Gasteiger partial charge in [0.25, 0.3) is 10.0 Å². The van der Waals surface area contributed by atoms with E-state index in [1.165, 1.54) is 20.0 Å². The van der Waals surface area contributed by atoms with Crippen molar-refractivity contribution in [2.24, 2.45) is 5.92 Å². The predicted molar refractivity (Wildman–Crippen MR) is 177 cm³/mol. The smallest absolute Gasteiger partial charge is 0.323 e. The van der Waals surface area contributed by atoms with E-state index in [4.69, 9.17) is 9.47 Å². The predicted octanol–water partition coefficient (Wildman–Crippen LogP) is 5.02. The normalized spacial score (nSPS) is 16.7. The van der Waals surface area contributed by atoms with E-state index in [1.807, 2.05) is 50.0 Å². The number of anilines is 3. The van der Waals surface area contributed by atoms with Crippen molar-refractivity contribution in [3.63, 3.8) is 0 Å². The number of carbonyl (C=O) groups excluding carboxylic acids is 2. The molecule has 0 aromatic heterocycles. The number of piperazine rings is 1. The Morgan fingerprint density at radius 2 is 1.84 bits per heavy atom. The lowest BCUT2D eigenvalue weighted by molar-refractivity contribution is -0.136. The Morgan fingerprint density at radius 1 is 1.11 bits per heavy atom. The van der Waals surface area contributed by atoms with Gasteiger partial charge in [-0.25, -0.2) is 13.2 Å². The lowest BCUT2D eigenvalue weighted by Gasteiger charge is -2.34. The highest BCUT2D eigenvalue weighted by Gasteiger charge is 2.30. The summed E-state index contributed by atoms with van der Waals surface area (Å²) >= 11 is 0. The van der Waals surface area contributed by atoms with Crippen molar-refractivity contribution in [3.8, 4) is 11.5 Å². The third-order valence-electron chi connectivity index (χ3n) is 8.29. The van der Waals surface area contributed by atoms with Gasteiger partial charge in [-0.15, -0.1) is 0 Å². The summed E-state index contributed by atoms with van der Waals surface area (Å²) < 4.78 is 38.7. The van der Waals surface area contributed by atoms with Crippen LogP contribution in [0.4, 0.5) is 21.9 Å². The van der Waals surface area contributed by atoms with E-state index >= 15 is 0 Å². The summed E-state index contributed by atoms with van der Waals surface area (Å²) in [5.74, 6) is 1.79. The highest BCUT2D eigenvalue weighted by atomic mass is 32.2. The summed E-state index contributed by atoms with van der Waals surface area (Å²) in [6.45, 7) is 13.4. The number of allylic oxidation sites excluding steroid dienone is 1. The van der Waals surface area contributed by atoms with Crippen molar-refractivity contribution >= 4 is 45.1 Å². The summed E-state index contributed by atoms with van der Waals surface area (Å²) in [7, 11) is -2.42. The number of nitrogens with zero attached hydrogens (tertiary/aromatic N) is 2. The van der Waals surface area contributed by atoms with Gasteiger partial charge < -0.3 is 25.0 Å². The molecule has 3 N–H and O–H groups in total. The van der Waals surface area contributed by atoms with Crippen molar-refractivity contribution < 1.29 is 27.5 Å². The van der Waals surface area contributed by atoms with Gasteiger partial charge in [-0.2, -0.15) is 0 Å². The number of sulfonamides is 1. The molecule has 11 nitrogen and oxygen atoms in total. The molecule has 0 atom stereocenters. The van der Waals surface area contributed by atoms with Crippen molar-refractivity contribution in [1.29, 1.82) is 0 Å². The number of ether oxygens (including phenoxy) is 2. The quantitative estimate of drug-likeness (QED) is 0.298. The number of amides is 3. The summed E-state index contributed by atoms with van der Waals surface area (Å²) in [5.41, 5.74) is 3.41. The van der Waals surface area contributed by atoms with Crippen LogP contribution in [0.2, 0.25) is 0 Å². The van der Waals surface area contributed by atoms with Gasteiger partial charge in [0.05, 0.1) is 25.0 Å². The first-order valence-electron chi connectivity index (χ1n) is 15.3. The van der Waals surface area contributed by atoms with Gasteiger partial charge in [-0.1, -0.05) is 39.5 Å². The van der Waals surface area contributed by atoms with E-state index in [1.54, 1.807) is 12.1 Å². The van der Waals surface area contributed by atoms with Gasteiger partial charge in [0.1, 0.15) is 12.4 Å². The van der Waals surface area contributed by atoms with Gasteiger partial charge >= 0.3 is 6.03 Å². The average molecular weight is 638 g/mol. The molecule has 3 amide bonds. The van der Waals surface area contributed by atoms with E-state index in [-0.39, 0.29) is 22.8 Å². The molecule has 0 radical (unpaired) electrons. The number of hydrogen-bond acceptors (Lipinski definition) is 7. The van der Waals surface area contributed by atoms with Crippen molar-refractivity contribution in [2.75, 3.05) is 61.8 Å². The highest BCUT2D eigenvalue weighted by molar-refractivity contribution is 7.95. The Labute approximate surface area is 265 Å². The SMILES string of the molecule is C=CS(=O)(=O)Nc1cc(C(C)(C)C)cc(NC(=O)Nc2ccc(OCCN3CCN(CC4CC4)C(=O)C3)c3c2CC=C3)c1OC. The first-order chi connectivity index (χ1) is 21.4. The summed E-state index contributed by atoms with van der Waals surface area (Å²) in [5, 5.41) is 6.59.